The van der Waals surface area contributed by atoms with E-state index in [1.165, 1.54) is 26.2 Å². The maximum absolute atomic E-state index is 12.9. The number of halogens is 1. The zero-order valence-corrected chi connectivity index (χ0v) is 20.1. The summed E-state index contributed by atoms with van der Waals surface area (Å²) in [6, 6.07) is 12.1. The Hall–Kier alpha value is -3.15. The molecular weight excluding hydrogens is 486 g/mol. The Balaban J connectivity index is 1.72. The van der Waals surface area contributed by atoms with E-state index in [1.807, 2.05) is 24.3 Å². The molecule has 3 heterocycles. The number of pyridine rings is 1. The number of hydrogen-bond donors (Lipinski definition) is 2. The fraction of sp³-hybridized carbons (Fsp3) is 0.190. The molecule has 0 radical (unpaired) electrons. The average Bonchev–Trinajstić information content (AvgIpc) is 3.37. The Bertz CT molecular complexity index is 1430. The molecule has 1 amide bonds. The summed E-state index contributed by atoms with van der Waals surface area (Å²) in [5, 5.41) is 7.80. The number of nitrogens with one attached hydrogen (secondary N) is 2. The first kappa shape index (κ1) is 23.0. The van der Waals surface area contributed by atoms with Crippen molar-refractivity contribution in [1.29, 1.82) is 0 Å². The topological polar surface area (TPSA) is 115 Å². The van der Waals surface area contributed by atoms with E-state index in [0.29, 0.717) is 39.8 Å². The maximum atomic E-state index is 12.9. The predicted molar refractivity (Wildman–Crippen MR) is 127 cm³/mol. The van der Waals surface area contributed by atoms with Crippen molar-refractivity contribution in [3.05, 3.63) is 64.3 Å². The van der Waals surface area contributed by atoms with Gasteiger partial charge in [0, 0.05) is 13.1 Å². The fourth-order valence-corrected chi connectivity index (χ4v) is 5.78. The number of aromatic nitrogens is 3. The number of anilines is 1. The van der Waals surface area contributed by atoms with Crippen LogP contribution in [0.4, 0.5) is 5.82 Å². The second kappa shape index (κ2) is 9.38. The number of thiophene rings is 1. The van der Waals surface area contributed by atoms with Crippen molar-refractivity contribution in [3.8, 4) is 5.75 Å². The van der Waals surface area contributed by atoms with Crippen LogP contribution in [-0.4, -0.2) is 36.2 Å². The van der Waals surface area contributed by atoms with Crippen LogP contribution < -0.4 is 14.8 Å². The highest BCUT2D eigenvalue weighted by Crippen LogP contribution is 2.35. The molecule has 172 valence electrons. The Morgan fingerprint density at radius 3 is 2.76 bits per heavy atom. The Morgan fingerprint density at radius 2 is 2.06 bits per heavy atom. The van der Waals surface area contributed by atoms with Crippen molar-refractivity contribution in [2.45, 2.75) is 24.2 Å². The zero-order chi connectivity index (χ0) is 23.6. The van der Waals surface area contributed by atoms with Crippen LogP contribution in [-0.2, 0) is 27.9 Å². The molecule has 0 fully saturated rings. The van der Waals surface area contributed by atoms with Gasteiger partial charge in [0.25, 0.3) is 10.0 Å². The van der Waals surface area contributed by atoms with E-state index in [9.17, 15) is 13.2 Å². The van der Waals surface area contributed by atoms with Crippen molar-refractivity contribution in [2.75, 3.05) is 11.8 Å². The van der Waals surface area contributed by atoms with Gasteiger partial charge in [0.15, 0.2) is 5.82 Å². The minimum atomic E-state index is -3.89. The molecule has 3 aromatic heterocycles. The summed E-state index contributed by atoms with van der Waals surface area (Å²) in [6.07, 6.45) is 1.66. The van der Waals surface area contributed by atoms with Gasteiger partial charge >= 0.3 is 0 Å². The molecule has 33 heavy (non-hydrogen) atoms. The van der Waals surface area contributed by atoms with Crippen LogP contribution in [0.3, 0.4) is 0 Å². The summed E-state index contributed by atoms with van der Waals surface area (Å²) in [5.41, 5.74) is 2.28. The van der Waals surface area contributed by atoms with Gasteiger partial charge in [-0.05, 0) is 42.0 Å². The van der Waals surface area contributed by atoms with Crippen LogP contribution in [0.15, 0.2) is 52.9 Å². The Kier molecular flexibility index (Phi) is 6.54. The van der Waals surface area contributed by atoms with Gasteiger partial charge in [-0.3, -0.25) is 19.2 Å². The number of carbonyl (C=O) groups excluding carboxylic acids is 1. The van der Waals surface area contributed by atoms with Gasteiger partial charge in [-0.25, -0.2) is 8.42 Å². The first-order chi connectivity index (χ1) is 15.8. The third-order valence-corrected chi connectivity index (χ3v) is 7.80. The van der Waals surface area contributed by atoms with Gasteiger partial charge < -0.3 is 10.1 Å². The lowest BCUT2D eigenvalue weighted by Gasteiger charge is -2.07. The van der Waals surface area contributed by atoms with E-state index in [0.717, 1.165) is 16.9 Å². The molecule has 4 aromatic rings. The monoisotopic (exact) mass is 505 g/mol. The van der Waals surface area contributed by atoms with E-state index in [2.05, 4.69) is 20.1 Å². The number of sulfonamides is 1. The lowest BCUT2D eigenvalue weighted by molar-refractivity contribution is -0.119. The minimum absolute atomic E-state index is 0.0850. The third kappa shape index (κ3) is 5.10. The Morgan fingerprint density at radius 1 is 1.24 bits per heavy atom. The Labute approximate surface area is 199 Å². The quantitative estimate of drug-likeness (QED) is 0.378. The van der Waals surface area contributed by atoms with Crippen molar-refractivity contribution in [3.63, 3.8) is 0 Å². The average molecular weight is 506 g/mol. The van der Waals surface area contributed by atoms with Gasteiger partial charge in [-0.2, -0.15) is 5.10 Å². The number of rotatable bonds is 8. The summed E-state index contributed by atoms with van der Waals surface area (Å²) in [4.78, 5) is 15.5. The normalized spacial score (nSPS) is 11.5. The lowest BCUT2D eigenvalue weighted by atomic mass is 10.2. The molecular formula is C21H20ClN5O4S2. The molecule has 0 aliphatic heterocycles. The zero-order valence-electron chi connectivity index (χ0n) is 17.7. The minimum Gasteiger partial charge on any atom is -0.496 e. The first-order valence-corrected chi connectivity index (χ1v) is 12.4. The van der Waals surface area contributed by atoms with E-state index in [-0.39, 0.29) is 15.9 Å². The molecule has 0 aliphatic rings. The second-order valence-corrected chi connectivity index (χ2v) is 10.7. The van der Waals surface area contributed by atoms with E-state index in [1.54, 1.807) is 16.9 Å². The predicted octanol–water partition coefficient (Wildman–Crippen LogP) is 3.64. The van der Waals surface area contributed by atoms with Crippen LogP contribution in [0.2, 0.25) is 4.34 Å². The molecule has 0 unspecified atom stereocenters. The summed E-state index contributed by atoms with van der Waals surface area (Å²) < 4.78 is 36.0. The van der Waals surface area contributed by atoms with Gasteiger partial charge in [0.2, 0.25) is 5.91 Å². The molecule has 0 bridgehead atoms. The maximum Gasteiger partial charge on any atom is 0.272 e. The van der Waals surface area contributed by atoms with Crippen LogP contribution in [0.25, 0.3) is 10.9 Å². The highest BCUT2D eigenvalue weighted by molar-refractivity contribution is 7.94. The number of nitrogens with zero attached hydrogens (tertiary/aromatic N) is 3. The molecule has 1 aromatic carbocycles. The SMILES string of the molecule is COc1cccc2c1c(NS(=O)(=O)c1ccc(Cl)s1)nn2Cc1ccnc(CNC(C)=O)c1. The smallest absolute Gasteiger partial charge is 0.272 e. The number of benzene rings is 1. The number of amides is 1. The van der Waals surface area contributed by atoms with Crippen LogP contribution in [0.1, 0.15) is 18.2 Å². The van der Waals surface area contributed by atoms with E-state index >= 15 is 0 Å². The van der Waals surface area contributed by atoms with Crippen molar-refractivity contribution < 1.29 is 17.9 Å². The van der Waals surface area contributed by atoms with E-state index < -0.39 is 10.0 Å². The first-order valence-electron chi connectivity index (χ1n) is 9.77. The van der Waals surface area contributed by atoms with Crippen LogP contribution in [0, 0.1) is 0 Å². The van der Waals surface area contributed by atoms with Crippen LogP contribution in [0.5, 0.6) is 5.75 Å². The molecule has 9 nitrogen and oxygen atoms in total. The molecule has 2 N–H and O–H groups in total. The summed E-state index contributed by atoms with van der Waals surface area (Å²) >= 11 is 6.88. The highest BCUT2D eigenvalue weighted by Gasteiger charge is 2.23. The third-order valence-electron chi connectivity index (χ3n) is 4.74. The summed E-state index contributed by atoms with van der Waals surface area (Å²) in [5.74, 6) is 0.498. The van der Waals surface area contributed by atoms with Crippen molar-refractivity contribution in [2.24, 2.45) is 0 Å². The van der Waals surface area contributed by atoms with Gasteiger partial charge in [0.1, 0.15) is 9.96 Å². The molecule has 0 saturated carbocycles. The lowest BCUT2D eigenvalue weighted by Crippen LogP contribution is -2.19. The molecule has 0 aliphatic carbocycles. The van der Waals surface area contributed by atoms with Crippen LogP contribution >= 0.6 is 22.9 Å². The van der Waals surface area contributed by atoms with Gasteiger partial charge in [-0.1, -0.05) is 17.7 Å². The van der Waals surface area contributed by atoms with Gasteiger partial charge in [0.05, 0.1) is 41.1 Å². The van der Waals surface area contributed by atoms with Crippen molar-refractivity contribution >= 4 is 55.6 Å². The molecule has 12 heteroatoms. The summed E-state index contributed by atoms with van der Waals surface area (Å²) in [7, 11) is -2.37. The number of methoxy groups -OCH3 is 1. The number of hydrogen-bond acceptors (Lipinski definition) is 7. The second-order valence-electron chi connectivity index (χ2n) is 7.09. The molecule has 0 atom stereocenters. The number of carbonyl (C=O) groups is 1. The standard InChI is InChI=1S/C21H20ClN5O4S2/c1-13(28)24-11-15-10-14(8-9-23-15)12-27-16-4-3-5-17(31-2)20(16)21(25-27)26-33(29,30)19-7-6-18(22)32-19/h3-10H,11-12H2,1-2H3,(H,24,28)(H,25,26). The molecule has 0 spiro atoms. The fourth-order valence-electron chi connectivity index (χ4n) is 3.29. The number of ether oxygens (including phenoxy) is 1. The van der Waals surface area contributed by atoms with E-state index in [4.69, 9.17) is 16.3 Å². The number of fused-ring (bicyclic) bond motifs is 1. The largest absolute Gasteiger partial charge is 0.496 e. The molecule has 0 saturated heterocycles. The van der Waals surface area contributed by atoms with Gasteiger partial charge in [-0.15, -0.1) is 11.3 Å². The molecule has 4 rings (SSSR count). The summed E-state index contributed by atoms with van der Waals surface area (Å²) in [6.45, 7) is 2.11. The highest BCUT2D eigenvalue weighted by atomic mass is 35.5. The van der Waals surface area contributed by atoms with Crippen molar-refractivity contribution in [1.82, 2.24) is 20.1 Å².